The first-order chi connectivity index (χ1) is 29.8. The molecule has 2 aliphatic rings. The molecule has 7 rings (SSSR count). The van der Waals surface area contributed by atoms with Crippen LogP contribution in [0, 0.1) is 5.82 Å². The van der Waals surface area contributed by atoms with Gasteiger partial charge in [-0.15, -0.1) is 34.0 Å². The van der Waals surface area contributed by atoms with Gasteiger partial charge in [-0.05, 0) is 73.3 Å². The number of halogens is 2. The van der Waals surface area contributed by atoms with E-state index in [4.69, 9.17) is 16.2 Å². The third kappa shape index (κ3) is 23.4. The summed E-state index contributed by atoms with van der Waals surface area (Å²) in [5, 5.41) is 12.7. The van der Waals surface area contributed by atoms with Crippen LogP contribution in [0.3, 0.4) is 0 Å². The Hall–Kier alpha value is -1.96. The standard InChI is InChI=1S/C10H13NO2S.C9H11NO2S.C9H7NO2S.C6H4FNO.C3H6O2S.CH3F.CH2O3.2K.H/c1-11-4-3-7-5-8(10(12)13-2)14-9(7)6-11;2*1-12-9(11)7-4-6-2-3-10-5-8(6)13-7;7-6-3-8-2-1-5(6)4-9;1-5-3(4)2-6;1-2;2-1-4-3;;;/h5H,3-4,6H2,1-2H3;4,10H,2-3,5H2,1H3;2-5H,1H3;1-4H;6H,2H2,1H3;1H3;1,3H;;;/q;;;;;;;2*+1;-1/p-1/i;;;;;1D;;;;. The van der Waals surface area contributed by atoms with Gasteiger partial charge in [0.15, 0.2) is 12.1 Å². The number of fused-ring (bicyclic) bond motifs is 3. The smallest absolute Gasteiger partial charge is 1.00 e. The molecule has 0 unspecified atom stereocenters. The molecule has 5 aromatic heterocycles. The Morgan fingerprint density at radius 3 is 1.86 bits per heavy atom. The van der Waals surface area contributed by atoms with Gasteiger partial charge in [0, 0.05) is 48.0 Å². The number of carbonyl (C=O) groups excluding carboxylic acids is 6. The summed E-state index contributed by atoms with van der Waals surface area (Å²) >= 11 is 8.10. The van der Waals surface area contributed by atoms with Gasteiger partial charge in [0.05, 0.1) is 59.2 Å². The maximum Gasteiger partial charge on any atom is 1.00 e. The molecule has 0 aliphatic carbocycles. The van der Waals surface area contributed by atoms with Crippen LogP contribution >= 0.6 is 46.6 Å². The third-order valence-electron chi connectivity index (χ3n) is 7.64. The molecule has 16 nitrogen and oxygen atoms in total. The normalized spacial score (nSPS) is 11.5. The van der Waals surface area contributed by atoms with Crippen LogP contribution in [0.4, 0.5) is 8.78 Å². The molecule has 63 heavy (non-hydrogen) atoms. The van der Waals surface area contributed by atoms with E-state index in [9.17, 15) is 32.8 Å². The number of rotatable bonds is 6. The number of aldehydes is 1. The SMILES string of the molecule is COC(=O)CS.COC(=O)c1cc2c(s1)CN(C)CC2.COC(=O)c1cc2c(s1)CNCC2.COC(=O)c1cc2ccncc2s1.O=CO[O-].O=Cc1ccncc1F.[2H]CF.[H-].[K+].[K+]. The largest absolute Gasteiger partial charge is 1.00 e. The summed E-state index contributed by atoms with van der Waals surface area (Å²) < 4.78 is 47.0. The summed E-state index contributed by atoms with van der Waals surface area (Å²) in [5.74, 6) is -1.44. The van der Waals surface area contributed by atoms with Crippen molar-refractivity contribution >= 4 is 93.4 Å². The molecule has 1 N–H and O–H groups in total. The molecule has 0 fully saturated rings. The van der Waals surface area contributed by atoms with E-state index in [0.717, 1.165) is 65.1 Å². The first-order valence-electron chi connectivity index (χ1n) is 18.0. The molecule has 0 radical (unpaired) electrons. The first-order valence-corrected chi connectivity index (χ1v) is 20.4. The number of aromatic nitrogens is 2. The number of nitrogens with zero attached hydrogens (tertiary/aromatic N) is 3. The van der Waals surface area contributed by atoms with Crippen molar-refractivity contribution in [2.75, 3.05) is 61.5 Å². The second-order valence-corrected chi connectivity index (χ2v) is 15.1. The molecular formula is C39H46F2K2N4O12S4. The fourth-order valence-corrected chi connectivity index (χ4v) is 8.12. The summed E-state index contributed by atoms with van der Waals surface area (Å²) in [4.78, 5) is 79.1. The Labute approximate surface area is 468 Å². The number of hydrogen-bond donors (Lipinski definition) is 2. The Morgan fingerprint density at radius 1 is 0.889 bits per heavy atom. The van der Waals surface area contributed by atoms with Gasteiger partial charge in [0.1, 0.15) is 14.6 Å². The van der Waals surface area contributed by atoms with Crippen molar-refractivity contribution in [3.05, 3.63) is 102 Å². The molecule has 2 aliphatic heterocycles. The number of likely N-dealkylation sites (N-methyl/N-ethyl adjacent to an activating group) is 1. The molecular weight excluding hydrogens is 961 g/mol. The Balaban J connectivity index is -0.000000719. The molecule has 0 saturated heterocycles. The molecule has 334 valence electrons. The molecule has 0 amide bonds. The van der Waals surface area contributed by atoms with Gasteiger partial charge in [-0.3, -0.25) is 28.7 Å². The molecule has 7 heterocycles. The number of ether oxygens (including phenoxy) is 4. The number of nitrogens with one attached hydrogen (secondary N) is 1. The molecule has 0 atom stereocenters. The number of esters is 4. The van der Waals surface area contributed by atoms with E-state index < -0.39 is 13.0 Å². The van der Waals surface area contributed by atoms with Gasteiger partial charge in [-0.2, -0.15) is 12.6 Å². The quantitative estimate of drug-likeness (QED) is 0.0400. The van der Waals surface area contributed by atoms with Gasteiger partial charge in [-0.25, -0.2) is 18.8 Å². The Bertz CT molecular complexity index is 2110. The summed E-state index contributed by atoms with van der Waals surface area (Å²) in [5.41, 5.74) is 2.66. The zero-order chi connectivity index (χ0) is 46.5. The topological polar surface area (TPSA) is 213 Å². The van der Waals surface area contributed by atoms with Crippen LogP contribution in [0.25, 0.3) is 10.1 Å². The number of pyridine rings is 2. The van der Waals surface area contributed by atoms with E-state index >= 15 is 0 Å². The molecule has 5 aromatic rings. The van der Waals surface area contributed by atoms with Crippen LogP contribution in [0.1, 0.15) is 63.1 Å². The number of thiol groups is 1. The maximum atomic E-state index is 12.3. The van der Waals surface area contributed by atoms with Gasteiger partial charge >= 0.3 is 127 Å². The second-order valence-electron chi connectivity index (χ2n) is 11.5. The second kappa shape index (κ2) is 37.2. The van der Waals surface area contributed by atoms with E-state index in [2.05, 4.69) is 59.0 Å². The van der Waals surface area contributed by atoms with Crippen molar-refractivity contribution < 1.29 is 172 Å². The first kappa shape index (κ1) is 61.0. The van der Waals surface area contributed by atoms with Gasteiger partial charge in [-0.1, -0.05) is 0 Å². The average Bonchev–Trinajstić information content (AvgIpc) is 4.06. The summed E-state index contributed by atoms with van der Waals surface area (Å²) in [6.07, 6.45) is 8.33. The summed E-state index contributed by atoms with van der Waals surface area (Å²) in [6, 6.07) is 8.93. The van der Waals surface area contributed by atoms with Crippen molar-refractivity contribution in [3.8, 4) is 0 Å². The molecule has 0 spiro atoms. The van der Waals surface area contributed by atoms with Gasteiger partial charge in [0.2, 0.25) is 0 Å². The van der Waals surface area contributed by atoms with Crippen LogP contribution in [0.15, 0.2) is 55.1 Å². The van der Waals surface area contributed by atoms with Gasteiger partial charge in [0.25, 0.3) is 6.47 Å². The predicted octanol–water partition coefficient (Wildman–Crippen LogP) is -0.951. The number of methoxy groups -OCH3 is 4. The molecule has 0 bridgehead atoms. The van der Waals surface area contributed by atoms with Gasteiger partial charge < -0.3 is 40.7 Å². The van der Waals surface area contributed by atoms with Crippen molar-refractivity contribution in [3.63, 3.8) is 0 Å². The monoisotopic (exact) mass is 1010 g/mol. The van der Waals surface area contributed by atoms with E-state index in [1.807, 2.05) is 24.3 Å². The van der Waals surface area contributed by atoms with Crippen LogP contribution in [0.5, 0.6) is 0 Å². The van der Waals surface area contributed by atoms with Crippen molar-refractivity contribution in [2.45, 2.75) is 25.9 Å². The minimum atomic E-state index is -1.00. The Morgan fingerprint density at radius 2 is 1.41 bits per heavy atom. The van der Waals surface area contributed by atoms with E-state index in [-0.39, 0.29) is 146 Å². The van der Waals surface area contributed by atoms with Crippen LogP contribution in [-0.2, 0) is 59.4 Å². The summed E-state index contributed by atoms with van der Waals surface area (Å²) in [7, 11) is 6.65. The minimum absolute atomic E-state index is 0. The predicted molar refractivity (Wildman–Crippen MR) is 228 cm³/mol. The van der Waals surface area contributed by atoms with Crippen LogP contribution in [-0.4, -0.2) is 113 Å². The number of hydrogen-bond acceptors (Lipinski definition) is 20. The van der Waals surface area contributed by atoms with Crippen molar-refractivity contribution in [2.24, 2.45) is 0 Å². The zero-order valence-corrected chi connectivity index (χ0v) is 45.3. The third-order valence-corrected chi connectivity index (χ3v) is 11.3. The van der Waals surface area contributed by atoms with E-state index in [1.54, 1.807) is 23.7 Å². The maximum absolute atomic E-state index is 12.3. The average molecular weight is 1010 g/mol. The summed E-state index contributed by atoms with van der Waals surface area (Å²) in [6.45, 7) is 3.74. The molecule has 24 heteroatoms. The van der Waals surface area contributed by atoms with Crippen LogP contribution < -0.4 is 113 Å². The number of thiophene rings is 3. The van der Waals surface area contributed by atoms with E-state index in [0.29, 0.717) is 11.2 Å². The zero-order valence-electron chi connectivity index (χ0n) is 37.7. The number of alkyl halides is 1. The van der Waals surface area contributed by atoms with Crippen molar-refractivity contribution in [1.29, 1.82) is 0 Å². The minimum Gasteiger partial charge on any atom is -1.00 e. The molecule has 0 saturated carbocycles. The van der Waals surface area contributed by atoms with Crippen LogP contribution in [0.2, 0.25) is 0 Å². The molecule has 0 aromatic carbocycles. The fraction of sp³-hybridized carbons (Fsp3) is 0.333. The van der Waals surface area contributed by atoms with E-state index in [1.165, 1.54) is 84.3 Å². The van der Waals surface area contributed by atoms with Crippen molar-refractivity contribution in [1.82, 2.24) is 20.2 Å². The fourth-order valence-electron chi connectivity index (χ4n) is 4.73. The number of carbonyl (C=O) groups is 6. The Kier molecular flexibility index (Phi) is 36.0.